The minimum Gasteiger partial charge on any atom is -0.353 e. The highest BCUT2D eigenvalue weighted by atomic mass is 15.3. The van der Waals surface area contributed by atoms with E-state index in [0.717, 1.165) is 61.7 Å². The molecular formula is C22H26N6. The lowest BCUT2D eigenvalue weighted by atomic mass is 10.2. The average Bonchev–Trinajstić information content (AvgIpc) is 2.75. The lowest BCUT2D eigenvalue weighted by Gasteiger charge is -2.35. The van der Waals surface area contributed by atoms with Crippen molar-refractivity contribution < 1.29 is 0 Å². The van der Waals surface area contributed by atoms with E-state index >= 15 is 0 Å². The van der Waals surface area contributed by atoms with E-state index in [4.69, 9.17) is 9.97 Å². The van der Waals surface area contributed by atoms with E-state index in [-0.39, 0.29) is 0 Å². The molecule has 144 valence electrons. The highest BCUT2D eigenvalue weighted by Crippen LogP contribution is 2.26. The Morgan fingerprint density at radius 2 is 1.61 bits per heavy atom. The third-order valence-electron chi connectivity index (χ3n) is 5.03. The normalized spacial score (nSPS) is 14.2. The number of aromatic nitrogens is 3. The lowest BCUT2D eigenvalue weighted by Crippen LogP contribution is -2.47. The fourth-order valence-electron chi connectivity index (χ4n) is 3.58. The van der Waals surface area contributed by atoms with Gasteiger partial charge in [-0.3, -0.25) is 0 Å². The number of piperazine rings is 1. The predicted octanol–water partition coefficient (Wildman–Crippen LogP) is 3.66. The first-order valence-electron chi connectivity index (χ1n) is 9.84. The maximum atomic E-state index is 4.91. The summed E-state index contributed by atoms with van der Waals surface area (Å²) in [5, 5.41) is 0. The van der Waals surface area contributed by atoms with Crippen LogP contribution in [0.1, 0.15) is 12.6 Å². The zero-order valence-electron chi connectivity index (χ0n) is 16.5. The first kappa shape index (κ1) is 18.2. The highest BCUT2D eigenvalue weighted by Gasteiger charge is 2.21. The number of anilines is 4. The van der Waals surface area contributed by atoms with Crippen LogP contribution in [0.25, 0.3) is 0 Å². The Balaban J connectivity index is 1.53. The third-order valence-corrected chi connectivity index (χ3v) is 5.03. The number of pyridine rings is 1. The number of hydrogen-bond donors (Lipinski definition) is 0. The van der Waals surface area contributed by atoms with Crippen LogP contribution < -0.4 is 14.7 Å². The molecule has 0 N–H and O–H groups in total. The summed E-state index contributed by atoms with van der Waals surface area (Å²) in [4.78, 5) is 20.9. The van der Waals surface area contributed by atoms with Crippen molar-refractivity contribution in [3.63, 3.8) is 0 Å². The van der Waals surface area contributed by atoms with Crippen LogP contribution in [0.4, 0.5) is 23.3 Å². The topological polar surface area (TPSA) is 48.4 Å². The molecule has 1 aliphatic rings. The smallest absolute Gasteiger partial charge is 0.227 e. The largest absolute Gasteiger partial charge is 0.353 e. The molecule has 1 aliphatic heterocycles. The lowest BCUT2D eigenvalue weighted by molar-refractivity contribution is 0.633. The first-order valence-corrected chi connectivity index (χ1v) is 9.84. The molecule has 28 heavy (non-hydrogen) atoms. The summed E-state index contributed by atoms with van der Waals surface area (Å²) in [6, 6.07) is 18.5. The summed E-state index contributed by atoms with van der Waals surface area (Å²) >= 11 is 0. The van der Waals surface area contributed by atoms with Crippen LogP contribution in [-0.2, 0) is 0 Å². The molecule has 4 rings (SSSR count). The van der Waals surface area contributed by atoms with Gasteiger partial charge in [-0.15, -0.1) is 0 Å². The Morgan fingerprint density at radius 3 is 2.29 bits per heavy atom. The molecule has 2 aromatic heterocycles. The van der Waals surface area contributed by atoms with Gasteiger partial charge in [-0.25, -0.2) is 9.97 Å². The third kappa shape index (κ3) is 3.91. The van der Waals surface area contributed by atoms with Gasteiger partial charge in [0.05, 0.1) is 0 Å². The summed E-state index contributed by atoms with van der Waals surface area (Å²) in [5.41, 5.74) is 2.13. The van der Waals surface area contributed by atoms with Gasteiger partial charge < -0.3 is 14.7 Å². The highest BCUT2D eigenvalue weighted by molar-refractivity contribution is 5.61. The van der Waals surface area contributed by atoms with Gasteiger partial charge in [-0.1, -0.05) is 24.3 Å². The maximum Gasteiger partial charge on any atom is 0.227 e. The van der Waals surface area contributed by atoms with E-state index in [1.165, 1.54) is 0 Å². The van der Waals surface area contributed by atoms with Gasteiger partial charge in [-0.05, 0) is 38.1 Å². The van der Waals surface area contributed by atoms with E-state index in [9.17, 15) is 0 Å². The first-order chi connectivity index (χ1) is 13.7. The van der Waals surface area contributed by atoms with Crippen LogP contribution >= 0.6 is 0 Å². The van der Waals surface area contributed by atoms with Crippen molar-refractivity contribution in [2.45, 2.75) is 13.8 Å². The van der Waals surface area contributed by atoms with Gasteiger partial charge in [0.1, 0.15) is 11.6 Å². The Morgan fingerprint density at radius 1 is 0.893 bits per heavy atom. The van der Waals surface area contributed by atoms with Crippen LogP contribution in [0.5, 0.6) is 0 Å². The number of para-hydroxylation sites is 1. The average molecular weight is 374 g/mol. The molecule has 0 saturated carbocycles. The van der Waals surface area contributed by atoms with E-state index < -0.39 is 0 Å². The molecule has 0 unspecified atom stereocenters. The van der Waals surface area contributed by atoms with Gasteiger partial charge in [-0.2, -0.15) is 4.98 Å². The predicted molar refractivity (Wildman–Crippen MR) is 115 cm³/mol. The fraction of sp³-hybridized carbons (Fsp3) is 0.318. The van der Waals surface area contributed by atoms with Crippen molar-refractivity contribution in [3.8, 4) is 0 Å². The Labute approximate surface area is 166 Å². The molecule has 0 aliphatic carbocycles. The molecule has 1 saturated heterocycles. The van der Waals surface area contributed by atoms with Gasteiger partial charge in [0.25, 0.3) is 0 Å². The fourth-order valence-corrected chi connectivity index (χ4v) is 3.58. The van der Waals surface area contributed by atoms with Crippen molar-refractivity contribution in [2.75, 3.05) is 47.4 Å². The number of aryl methyl sites for hydroxylation is 1. The van der Waals surface area contributed by atoms with Gasteiger partial charge >= 0.3 is 0 Å². The van der Waals surface area contributed by atoms with Crippen molar-refractivity contribution in [3.05, 3.63) is 66.5 Å². The molecule has 0 amide bonds. The summed E-state index contributed by atoms with van der Waals surface area (Å²) in [6.07, 6.45) is 1.85. The summed E-state index contributed by atoms with van der Waals surface area (Å²) in [5.74, 6) is 2.79. The van der Waals surface area contributed by atoms with Gasteiger partial charge in [0, 0.05) is 56.4 Å². The van der Waals surface area contributed by atoms with Gasteiger partial charge in [0.2, 0.25) is 5.95 Å². The van der Waals surface area contributed by atoms with Crippen molar-refractivity contribution in [1.82, 2.24) is 15.0 Å². The molecule has 0 atom stereocenters. The second-order valence-corrected chi connectivity index (χ2v) is 6.91. The van der Waals surface area contributed by atoms with Crippen LogP contribution in [0.2, 0.25) is 0 Å². The molecule has 0 spiro atoms. The minimum absolute atomic E-state index is 0.810. The minimum atomic E-state index is 0.810. The van der Waals surface area contributed by atoms with E-state index in [1.54, 1.807) is 0 Å². The standard InChI is InChI=1S/C22H26N6/c1-3-28(19-9-5-4-6-10-19)21-17-18(2)24-22(25-21)27-15-13-26(14-16-27)20-11-7-8-12-23-20/h4-12,17H,3,13-16H2,1-2H3. The van der Waals surface area contributed by atoms with E-state index in [2.05, 4.69) is 63.0 Å². The zero-order chi connectivity index (χ0) is 19.3. The van der Waals surface area contributed by atoms with Crippen LogP contribution in [-0.4, -0.2) is 47.7 Å². The number of nitrogens with zero attached hydrogens (tertiary/aromatic N) is 6. The van der Waals surface area contributed by atoms with E-state index in [1.807, 2.05) is 31.3 Å². The zero-order valence-corrected chi connectivity index (χ0v) is 16.5. The molecule has 1 fully saturated rings. The maximum absolute atomic E-state index is 4.91. The Kier molecular flexibility index (Phi) is 5.37. The summed E-state index contributed by atoms with van der Waals surface area (Å²) in [7, 11) is 0. The molecule has 0 radical (unpaired) electrons. The SMILES string of the molecule is CCN(c1ccccc1)c1cc(C)nc(N2CCN(c3ccccn3)CC2)n1. The molecule has 1 aromatic carbocycles. The molecule has 3 heterocycles. The summed E-state index contributed by atoms with van der Waals surface area (Å²) < 4.78 is 0. The van der Waals surface area contributed by atoms with Gasteiger partial charge in [0.15, 0.2) is 0 Å². The molecular weight excluding hydrogens is 348 g/mol. The van der Waals surface area contributed by atoms with Crippen LogP contribution in [0.15, 0.2) is 60.8 Å². The second-order valence-electron chi connectivity index (χ2n) is 6.91. The van der Waals surface area contributed by atoms with Crippen LogP contribution in [0, 0.1) is 6.92 Å². The van der Waals surface area contributed by atoms with Crippen molar-refractivity contribution >= 4 is 23.3 Å². The number of hydrogen-bond acceptors (Lipinski definition) is 6. The quantitative estimate of drug-likeness (QED) is 0.679. The Hall–Kier alpha value is -3.15. The second kappa shape index (κ2) is 8.25. The molecule has 6 heteroatoms. The van der Waals surface area contributed by atoms with E-state index in [0.29, 0.717) is 0 Å². The summed E-state index contributed by atoms with van der Waals surface area (Å²) in [6.45, 7) is 8.65. The number of benzene rings is 1. The van der Waals surface area contributed by atoms with Crippen molar-refractivity contribution in [1.29, 1.82) is 0 Å². The molecule has 3 aromatic rings. The Bertz CT molecular complexity index is 891. The molecule has 6 nitrogen and oxygen atoms in total. The molecule has 0 bridgehead atoms. The monoisotopic (exact) mass is 374 g/mol. The number of rotatable bonds is 5. The van der Waals surface area contributed by atoms with Crippen molar-refractivity contribution in [2.24, 2.45) is 0 Å². The van der Waals surface area contributed by atoms with Crippen LogP contribution in [0.3, 0.4) is 0 Å².